The number of fused-ring (bicyclic) bond motifs is 1. The molecule has 1 spiro atoms. The summed E-state index contributed by atoms with van der Waals surface area (Å²) in [5.74, 6) is -0.0207. The lowest BCUT2D eigenvalue weighted by atomic mass is 9.59. The molecule has 1 fully saturated rings. The van der Waals surface area contributed by atoms with Gasteiger partial charge >= 0.3 is 6.18 Å². The van der Waals surface area contributed by atoms with Crippen molar-refractivity contribution in [2.24, 2.45) is 5.41 Å². The van der Waals surface area contributed by atoms with Crippen LogP contribution in [-0.2, 0) is 21.8 Å². The predicted molar refractivity (Wildman–Crippen MR) is 161 cm³/mol. The highest BCUT2D eigenvalue weighted by Gasteiger charge is 2.47. The van der Waals surface area contributed by atoms with Gasteiger partial charge in [0.15, 0.2) is 0 Å². The molecule has 3 aliphatic rings. The number of ether oxygens (including phenoxy) is 1. The maximum atomic E-state index is 13.3. The third-order valence-electron chi connectivity index (χ3n) is 10.0. The molecule has 0 saturated heterocycles. The molecule has 1 saturated carbocycles. The Balaban J connectivity index is 1.75. The molecule has 3 heterocycles. The Hall–Kier alpha value is -2.07. The number of alkyl halides is 3. The molecule has 0 radical (unpaired) electrons. The van der Waals surface area contributed by atoms with Gasteiger partial charge in [0.25, 0.3) is 0 Å². The molecule has 0 aromatic carbocycles. The normalized spacial score (nSPS) is 21.6. The van der Waals surface area contributed by atoms with E-state index in [1.807, 2.05) is 0 Å². The van der Waals surface area contributed by atoms with E-state index in [9.17, 15) is 18.3 Å². The van der Waals surface area contributed by atoms with Crippen molar-refractivity contribution in [3.05, 3.63) is 63.7 Å². The average molecular weight is 603 g/mol. The summed E-state index contributed by atoms with van der Waals surface area (Å²) in [6.45, 7) is 16.4. The minimum atomic E-state index is -4.50. The van der Waals surface area contributed by atoms with E-state index in [0.717, 1.165) is 66.0 Å². The zero-order valence-electron chi connectivity index (χ0n) is 26.0. The summed E-state index contributed by atoms with van der Waals surface area (Å²) in [5, 5.41) is 12.0. The van der Waals surface area contributed by atoms with E-state index in [1.165, 1.54) is 12.5 Å². The van der Waals surface area contributed by atoms with E-state index in [2.05, 4.69) is 58.8 Å². The second-order valence-electron chi connectivity index (χ2n) is 14.3. The van der Waals surface area contributed by atoms with Gasteiger partial charge in [-0.15, -0.1) is 18.1 Å². The number of aliphatic hydroxyl groups excluding tert-OH is 1. The topological polar surface area (TPSA) is 64.5 Å². The van der Waals surface area contributed by atoms with E-state index >= 15 is 0 Å². The van der Waals surface area contributed by atoms with Crippen LogP contribution >= 0.6 is 0 Å². The summed E-state index contributed by atoms with van der Waals surface area (Å²) in [4.78, 5) is 9.41. The number of hydrogen-bond acceptors (Lipinski definition) is 5. The largest absolute Gasteiger partial charge is 0.559 e. The number of nitrogens with zero attached hydrogens (tertiary/aromatic N) is 2. The Morgan fingerprint density at radius 2 is 1.86 bits per heavy atom. The molecule has 231 valence electrons. The monoisotopic (exact) mass is 602 g/mol. The molecule has 0 bridgehead atoms. The minimum Gasteiger partial charge on any atom is -0.559 e. The van der Waals surface area contributed by atoms with Crippen LogP contribution in [0.15, 0.2) is 24.4 Å². The lowest BCUT2D eigenvalue weighted by Gasteiger charge is -2.56. The molecule has 5 nitrogen and oxygen atoms in total. The number of rotatable bonds is 6. The van der Waals surface area contributed by atoms with Crippen molar-refractivity contribution in [2.45, 2.75) is 116 Å². The van der Waals surface area contributed by atoms with E-state index < -0.39 is 26.2 Å². The predicted octanol–water partition coefficient (Wildman–Crippen LogP) is 8.68. The van der Waals surface area contributed by atoms with Gasteiger partial charge in [0.2, 0.25) is 0 Å². The molecule has 5 rings (SSSR count). The van der Waals surface area contributed by atoms with E-state index in [0.29, 0.717) is 25.2 Å². The highest BCUT2D eigenvalue weighted by Crippen LogP contribution is 2.57. The van der Waals surface area contributed by atoms with Gasteiger partial charge in [0, 0.05) is 29.1 Å². The van der Waals surface area contributed by atoms with Crippen molar-refractivity contribution in [1.82, 2.24) is 9.97 Å². The quantitative estimate of drug-likeness (QED) is 0.335. The van der Waals surface area contributed by atoms with Crippen LogP contribution in [0.3, 0.4) is 0 Å². The summed E-state index contributed by atoms with van der Waals surface area (Å²) in [6.07, 6.45) is 2.97. The zero-order chi connectivity index (χ0) is 30.7. The smallest absolute Gasteiger partial charge is 0.417 e. The summed E-state index contributed by atoms with van der Waals surface area (Å²) in [6, 6.07) is 2.27. The average Bonchev–Trinajstić information content (AvgIpc) is 2.89. The van der Waals surface area contributed by atoms with Gasteiger partial charge < -0.3 is 14.3 Å². The molecule has 2 atom stereocenters. The van der Waals surface area contributed by atoms with Gasteiger partial charge in [-0.05, 0) is 75.0 Å². The highest BCUT2D eigenvalue weighted by molar-refractivity contribution is 6.74. The van der Waals surface area contributed by atoms with Crippen LogP contribution in [0.1, 0.15) is 124 Å². The molecule has 2 aromatic rings. The maximum absolute atomic E-state index is 13.3. The van der Waals surface area contributed by atoms with Crippen molar-refractivity contribution in [3.63, 3.8) is 0 Å². The number of aliphatic hydroxyl groups is 1. The van der Waals surface area contributed by atoms with Crippen molar-refractivity contribution in [1.29, 1.82) is 0 Å². The number of halogens is 3. The fourth-order valence-electron chi connectivity index (χ4n) is 6.48. The number of aromatic nitrogens is 2. The first kappa shape index (κ1) is 31.4. The van der Waals surface area contributed by atoms with Crippen LogP contribution in [0, 0.1) is 5.41 Å². The minimum absolute atomic E-state index is 0.00723. The van der Waals surface area contributed by atoms with E-state index in [4.69, 9.17) is 14.1 Å². The molecule has 2 aliphatic carbocycles. The van der Waals surface area contributed by atoms with Crippen molar-refractivity contribution in [2.75, 3.05) is 13.2 Å². The SMILES string of the molecule is CC(C)c1nc2c(c(C3=CCOCC3)c1[C@H](O)c1ccc(C(F)(F)F)cn1)[C@@H](O[Si-](C)(C)C(C)(C)C)CC1(CCC1)C2. The third-order valence-corrected chi connectivity index (χ3v) is 14.5. The lowest BCUT2D eigenvalue weighted by Crippen LogP contribution is -2.46. The summed E-state index contributed by atoms with van der Waals surface area (Å²) >= 11 is 0. The van der Waals surface area contributed by atoms with Gasteiger partial charge in [-0.1, -0.05) is 47.1 Å². The lowest BCUT2D eigenvalue weighted by molar-refractivity contribution is -0.137. The standard InChI is InChI=1S/C33H45F3N2O3Si/c1-20(2)29-28(30(39)23-10-9-22(19-37-23)33(34,35)36)26(21-11-15-40-16-12-21)27-24(38-29)17-32(13-8-14-32)18-25(27)41-42(6,7)31(3,4)5/h9-11,19-20,25,30,39H,8,12-18H2,1-7H3/q-1/t25-,30+/m0/s1. The third kappa shape index (κ3) is 5.86. The van der Waals surface area contributed by atoms with Crippen molar-refractivity contribution in [3.8, 4) is 0 Å². The van der Waals surface area contributed by atoms with Gasteiger partial charge in [0.1, 0.15) is 6.10 Å². The van der Waals surface area contributed by atoms with Crippen molar-refractivity contribution >= 4 is 13.9 Å². The molecular formula is C33H45F3N2O3Si-. The van der Waals surface area contributed by atoms with Gasteiger partial charge in [-0.25, -0.2) is 0 Å². The second kappa shape index (κ2) is 11.1. The van der Waals surface area contributed by atoms with E-state index in [-0.39, 0.29) is 28.2 Å². The molecule has 2 aromatic heterocycles. The first-order chi connectivity index (χ1) is 19.5. The molecule has 1 aliphatic heterocycles. The van der Waals surface area contributed by atoms with Gasteiger partial charge in [-0.2, -0.15) is 13.2 Å². The van der Waals surface area contributed by atoms with Gasteiger partial charge in [0.05, 0.1) is 30.2 Å². The zero-order valence-corrected chi connectivity index (χ0v) is 27.0. The Labute approximate surface area is 249 Å². The van der Waals surface area contributed by atoms with Crippen LogP contribution in [0.2, 0.25) is 18.1 Å². The maximum Gasteiger partial charge on any atom is 0.417 e. The Morgan fingerprint density at radius 1 is 1.14 bits per heavy atom. The van der Waals surface area contributed by atoms with Crippen LogP contribution < -0.4 is 0 Å². The molecule has 0 amide bonds. The Kier molecular flexibility index (Phi) is 8.31. The summed E-state index contributed by atoms with van der Waals surface area (Å²) in [7, 11) is -2.21. The molecule has 42 heavy (non-hydrogen) atoms. The highest BCUT2D eigenvalue weighted by atomic mass is 28.4. The molecule has 9 heteroatoms. The first-order valence-electron chi connectivity index (χ1n) is 15.3. The van der Waals surface area contributed by atoms with Crippen LogP contribution in [0.4, 0.5) is 13.2 Å². The first-order valence-corrected chi connectivity index (χ1v) is 18.2. The molecular weight excluding hydrogens is 557 g/mol. The molecule has 0 unspecified atom stereocenters. The second-order valence-corrected chi connectivity index (χ2v) is 19.1. The Morgan fingerprint density at radius 3 is 2.36 bits per heavy atom. The summed E-state index contributed by atoms with van der Waals surface area (Å²) in [5.41, 5.74) is 5.04. The van der Waals surface area contributed by atoms with Crippen LogP contribution in [0.25, 0.3) is 5.57 Å². The number of pyridine rings is 2. The number of hydrogen-bond donors (Lipinski definition) is 1. The molecule has 1 N–H and O–H groups in total. The fraction of sp³-hybridized carbons (Fsp3) is 0.636. The summed E-state index contributed by atoms with van der Waals surface area (Å²) < 4.78 is 52.9. The van der Waals surface area contributed by atoms with Crippen molar-refractivity contribution < 1.29 is 27.4 Å². The van der Waals surface area contributed by atoms with Crippen LogP contribution in [0.5, 0.6) is 0 Å². The fourth-order valence-corrected chi connectivity index (χ4v) is 7.74. The Bertz CT molecular complexity index is 1340. The van der Waals surface area contributed by atoms with Crippen LogP contribution in [-0.4, -0.2) is 36.6 Å². The van der Waals surface area contributed by atoms with Gasteiger partial charge in [-0.3, -0.25) is 9.97 Å². The van der Waals surface area contributed by atoms with E-state index in [1.54, 1.807) is 0 Å².